The normalized spacial score (nSPS) is 25.9. The van der Waals surface area contributed by atoms with E-state index in [0.29, 0.717) is 0 Å². The first-order valence-electron chi connectivity index (χ1n) is 7.90. The Morgan fingerprint density at radius 3 is 2.20 bits per heavy atom. The second-order valence-corrected chi connectivity index (χ2v) is 6.64. The molecule has 2 nitrogen and oxygen atoms in total. The molecule has 20 heavy (non-hydrogen) atoms. The molecule has 0 aromatic heterocycles. The maximum absolute atomic E-state index is 5.79. The molecule has 1 heterocycles. The molecule has 1 saturated heterocycles. The Hall–Kier alpha value is -0.600. The lowest BCUT2D eigenvalue weighted by Gasteiger charge is -2.09. The van der Waals surface area contributed by atoms with Crippen LogP contribution in [0.3, 0.4) is 0 Å². The third-order valence-corrected chi connectivity index (χ3v) is 4.49. The van der Waals surface area contributed by atoms with Crippen molar-refractivity contribution in [1.29, 1.82) is 0 Å². The van der Waals surface area contributed by atoms with Gasteiger partial charge >= 0.3 is 0 Å². The van der Waals surface area contributed by atoms with Gasteiger partial charge in [0, 0.05) is 6.61 Å². The Morgan fingerprint density at radius 2 is 1.65 bits per heavy atom. The summed E-state index contributed by atoms with van der Waals surface area (Å²) in [5, 5.41) is 0. The summed E-state index contributed by atoms with van der Waals surface area (Å²) in [5.74, 6) is 0. The van der Waals surface area contributed by atoms with Crippen molar-refractivity contribution in [2.45, 2.75) is 78.4 Å². The van der Waals surface area contributed by atoms with Crippen LogP contribution in [-0.4, -0.2) is 24.4 Å². The summed E-state index contributed by atoms with van der Waals surface area (Å²) in [7, 11) is 0. The highest BCUT2D eigenvalue weighted by atomic mass is 16.6. The van der Waals surface area contributed by atoms with E-state index in [1.54, 1.807) is 0 Å². The van der Waals surface area contributed by atoms with Crippen LogP contribution in [0.25, 0.3) is 0 Å². The Bertz CT molecular complexity index is 366. The number of epoxide rings is 1. The average Bonchev–Trinajstić information content (AvgIpc) is 2.87. The van der Waals surface area contributed by atoms with E-state index in [1.807, 2.05) is 6.92 Å². The highest BCUT2D eigenvalue weighted by molar-refractivity contribution is 5.11. The predicted octanol–water partition coefficient (Wildman–Crippen LogP) is 5.04. The first-order valence-corrected chi connectivity index (χ1v) is 7.90. The zero-order chi connectivity index (χ0) is 15.2. The van der Waals surface area contributed by atoms with E-state index in [0.717, 1.165) is 38.9 Å². The van der Waals surface area contributed by atoms with Crippen molar-refractivity contribution in [2.24, 2.45) is 0 Å². The number of hydrogen-bond donors (Lipinski definition) is 0. The fourth-order valence-electron chi connectivity index (χ4n) is 2.39. The van der Waals surface area contributed by atoms with Gasteiger partial charge in [0.2, 0.25) is 0 Å². The SMILES string of the molecule is CCOC/C=C(\C)CC/C=C(\C)CCC1(C)OC1(C)C. The lowest BCUT2D eigenvalue weighted by molar-refractivity contribution is 0.177. The highest BCUT2D eigenvalue weighted by Crippen LogP contribution is 2.50. The third-order valence-electron chi connectivity index (χ3n) is 4.49. The maximum Gasteiger partial charge on any atom is 0.0949 e. The maximum atomic E-state index is 5.79. The Balaban J connectivity index is 2.20. The quantitative estimate of drug-likeness (QED) is 0.335. The van der Waals surface area contributed by atoms with Crippen molar-refractivity contribution in [1.82, 2.24) is 0 Å². The molecule has 1 aliphatic rings. The van der Waals surface area contributed by atoms with Crippen molar-refractivity contribution < 1.29 is 9.47 Å². The topological polar surface area (TPSA) is 21.8 Å². The van der Waals surface area contributed by atoms with Gasteiger partial charge in [0.25, 0.3) is 0 Å². The molecule has 1 unspecified atom stereocenters. The molecule has 0 amide bonds. The van der Waals surface area contributed by atoms with Crippen LogP contribution in [0.5, 0.6) is 0 Å². The average molecular weight is 280 g/mol. The molecule has 116 valence electrons. The van der Waals surface area contributed by atoms with E-state index in [-0.39, 0.29) is 11.2 Å². The predicted molar refractivity (Wildman–Crippen MR) is 86.0 cm³/mol. The van der Waals surface area contributed by atoms with Gasteiger partial charge in [0.1, 0.15) is 0 Å². The minimum atomic E-state index is 0.0753. The third kappa shape index (κ3) is 5.41. The lowest BCUT2D eigenvalue weighted by atomic mass is 9.91. The molecule has 0 radical (unpaired) electrons. The van der Waals surface area contributed by atoms with Crippen molar-refractivity contribution in [3.8, 4) is 0 Å². The molecular weight excluding hydrogens is 248 g/mol. The van der Waals surface area contributed by atoms with Gasteiger partial charge in [-0.15, -0.1) is 0 Å². The summed E-state index contributed by atoms with van der Waals surface area (Å²) < 4.78 is 11.1. The van der Waals surface area contributed by atoms with Crippen LogP contribution in [0.15, 0.2) is 23.3 Å². The van der Waals surface area contributed by atoms with Crippen LogP contribution in [0.2, 0.25) is 0 Å². The summed E-state index contributed by atoms with van der Waals surface area (Å²) in [5.41, 5.74) is 3.07. The second-order valence-electron chi connectivity index (χ2n) is 6.64. The smallest absolute Gasteiger partial charge is 0.0949 e. The van der Waals surface area contributed by atoms with Gasteiger partial charge in [-0.05, 0) is 67.2 Å². The van der Waals surface area contributed by atoms with Crippen LogP contribution < -0.4 is 0 Å². The molecule has 0 bridgehead atoms. The van der Waals surface area contributed by atoms with Gasteiger partial charge in [-0.3, -0.25) is 0 Å². The number of rotatable bonds is 9. The fraction of sp³-hybridized carbons (Fsp3) is 0.778. The van der Waals surface area contributed by atoms with Crippen molar-refractivity contribution in [3.63, 3.8) is 0 Å². The first kappa shape index (κ1) is 17.5. The Kier molecular flexibility index (Phi) is 6.47. The van der Waals surface area contributed by atoms with E-state index in [4.69, 9.17) is 9.47 Å². The van der Waals surface area contributed by atoms with Gasteiger partial charge in [-0.1, -0.05) is 23.3 Å². The van der Waals surface area contributed by atoms with Gasteiger partial charge < -0.3 is 9.47 Å². The van der Waals surface area contributed by atoms with Gasteiger partial charge in [0.05, 0.1) is 17.8 Å². The summed E-state index contributed by atoms with van der Waals surface area (Å²) in [6, 6.07) is 0. The zero-order valence-corrected chi connectivity index (χ0v) is 14.2. The second kappa shape index (κ2) is 7.42. The molecule has 1 fully saturated rings. The summed E-state index contributed by atoms with van der Waals surface area (Å²) in [4.78, 5) is 0. The zero-order valence-electron chi connectivity index (χ0n) is 14.2. The summed E-state index contributed by atoms with van der Waals surface area (Å²) >= 11 is 0. The van der Waals surface area contributed by atoms with Crippen LogP contribution in [0.1, 0.15) is 67.2 Å². The van der Waals surface area contributed by atoms with Crippen LogP contribution in [0, 0.1) is 0 Å². The molecule has 0 saturated carbocycles. The van der Waals surface area contributed by atoms with E-state index in [9.17, 15) is 0 Å². The summed E-state index contributed by atoms with van der Waals surface area (Å²) in [6.07, 6.45) is 9.08. The molecule has 1 atom stereocenters. The molecule has 0 aliphatic carbocycles. The van der Waals surface area contributed by atoms with Gasteiger partial charge in [-0.2, -0.15) is 0 Å². The molecule has 0 spiro atoms. The highest BCUT2D eigenvalue weighted by Gasteiger charge is 2.59. The number of ether oxygens (including phenoxy) is 2. The molecule has 1 aliphatic heterocycles. The number of hydrogen-bond acceptors (Lipinski definition) is 2. The van der Waals surface area contributed by atoms with E-state index < -0.39 is 0 Å². The van der Waals surface area contributed by atoms with E-state index in [2.05, 4.69) is 46.8 Å². The largest absolute Gasteiger partial charge is 0.378 e. The van der Waals surface area contributed by atoms with Gasteiger partial charge in [-0.25, -0.2) is 0 Å². The van der Waals surface area contributed by atoms with Crippen LogP contribution >= 0.6 is 0 Å². The molecule has 0 aromatic carbocycles. The van der Waals surface area contributed by atoms with Crippen LogP contribution in [0.4, 0.5) is 0 Å². The standard InChI is InChI=1S/C18H32O2/c1-7-19-14-12-16(3)10-8-9-15(2)11-13-18(6)17(4,5)20-18/h9,12H,7-8,10-11,13-14H2,1-6H3/b15-9+,16-12+. The first-order chi connectivity index (χ1) is 9.31. The lowest BCUT2D eigenvalue weighted by Crippen LogP contribution is -2.16. The molecule has 0 N–H and O–H groups in total. The Morgan fingerprint density at radius 1 is 1.05 bits per heavy atom. The van der Waals surface area contributed by atoms with Crippen LogP contribution in [-0.2, 0) is 9.47 Å². The van der Waals surface area contributed by atoms with Gasteiger partial charge in [0.15, 0.2) is 0 Å². The van der Waals surface area contributed by atoms with Crippen molar-refractivity contribution in [3.05, 3.63) is 23.3 Å². The summed E-state index contributed by atoms with van der Waals surface area (Å²) in [6.45, 7) is 14.6. The minimum absolute atomic E-state index is 0.0753. The monoisotopic (exact) mass is 280 g/mol. The molecular formula is C18H32O2. The van der Waals surface area contributed by atoms with E-state index >= 15 is 0 Å². The molecule has 1 rings (SSSR count). The molecule has 2 heteroatoms. The molecule has 0 aromatic rings. The van der Waals surface area contributed by atoms with Crippen molar-refractivity contribution in [2.75, 3.05) is 13.2 Å². The fourth-order valence-corrected chi connectivity index (χ4v) is 2.39. The Labute approximate surface area is 125 Å². The number of allylic oxidation sites excluding steroid dienone is 3. The van der Waals surface area contributed by atoms with Crippen molar-refractivity contribution >= 4 is 0 Å². The van der Waals surface area contributed by atoms with E-state index in [1.165, 1.54) is 11.1 Å². The minimum Gasteiger partial charge on any atom is -0.378 e.